The minimum atomic E-state index is -0.265. The molecule has 0 aliphatic carbocycles. The minimum absolute atomic E-state index is 0.265. The predicted octanol–water partition coefficient (Wildman–Crippen LogP) is 3.42. The standard InChI is InChI=1S/C11H20O2/c1-4-5-6-7-8-9-10(2)13-11(3)12/h2,4-9H2,1,3H3. The summed E-state index contributed by atoms with van der Waals surface area (Å²) in [6.07, 6.45) is 6.90. The molecular formula is C11H20O2. The van der Waals surface area contributed by atoms with Gasteiger partial charge in [0.1, 0.15) is 5.76 Å². The highest BCUT2D eigenvalue weighted by atomic mass is 16.5. The van der Waals surface area contributed by atoms with Crippen LogP contribution in [0.25, 0.3) is 0 Å². The zero-order chi connectivity index (χ0) is 10.1. The van der Waals surface area contributed by atoms with Gasteiger partial charge in [0.2, 0.25) is 0 Å². The third-order valence-electron chi connectivity index (χ3n) is 1.85. The van der Waals surface area contributed by atoms with Gasteiger partial charge in [-0.3, -0.25) is 4.79 Å². The Bertz CT molecular complexity index is 161. The molecule has 0 rings (SSSR count). The number of hydrogen-bond donors (Lipinski definition) is 0. The molecule has 0 heterocycles. The van der Waals surface area contributed by atoms with Crippen LogP contribution in [0.3, 0.4) is 0 Å². The second-order valence-electron chi connectivity index (χ2n) is 3.30. The third-order valence-corrected chi connectivity index (χ3v) is 1.85. The quantitative estimate of drug-likeness (QED) is 0.344. The molecule has 0 N–H and O–H groups in total. The second-order valence-corrected chi connectivity index (χ2v) is 3.30. The van der Waals surface area contributed by atoms with E-state index in [1.54, 1.807) is 0 Å². The summed E-state index contributed by atoms with van der Waals surface area (Å²) in [5.41, 5.74) is 0. The van der Waals surface area contributed by atoms with E-state index in [0.717, 1.165) is 12.8 Å². The lowest BCUT2D eigenvalue weighted by Crippen LogP contribution is -1.97. The number of unbranched alkanes of at least 4 members (excludes halogenated alkanes) is 4. The Hall–Kier alpha value is -0.790. The van der Waals surface area contributed by atoms with Crippen molar-refractivity contribution < 1.29 is 9.53 Å². The summed E-state index contributed by atoms with van der Waals surface area (Å²) >= 11 is 0. The summed E-state index contributed by atoms with van der Waals surface area (Å²) in [6.45, 7) is 7.27. The van der Waals surface area contributed by atoms with Crippen LogP contribution in [-0.4, -0.2) is 5.97 Å². The van der Waals surface area contributed by atoms with Crippen molar-refractivity contribution in [3.8, 4) is 0 Å². The lowest BCUT2D eigenvalue weighted by molar-refractivity contribution is -0.137. The maximum Gasteiger partial charge on any atom is 0.307 e. The van der Waals surface area contributed by atoms with E-state index in [2.05, 4.69) is 13.5 Å². The van der Waals surface area contributed by atoms with Crippen molar-refractivity contribution in [1.82, 2.24) is 0 Å². The Morgan fingerprint density at radius 3 is 2.38 bits per heavy atom. The largest absolute Gasteiger partial charge is 0.432 e. The molecule has 13 heavy (non-hydrogen) atoms. The van der Waals surface area contributed by atoms with E-state index in [1.165, 1.54) is 32.6 Å². The van der Waals surface area contributed by atoms with Gasteiger partial charge < -0.3 is 4.74 Å². The summed E-state index contributed by atoms with van der Waals surface area (Å²) in [6, 6.07) is 0. The molecule has 0 aliphatic heterocycles. The van der Waals surface area contributed by atoms with Gasteiger partial charge in [-0.15, -0.1) is 0 Å². The Balaban J connectivity index is 3.22. The van der Waals surface area contributed by atoms with Gasteiger partial charge in [0.05, 0.1) is 0 Å². The first-order chi connectivity index (χ1) is 6.16. The van der Waals surface area contributed by atoms with Gasteiger partial charge in [-0.2, -0.15) is 0 Å². The van der Waals surface area contributed by atoms with E-state index in [1.807, 2.05) is 0 Å². The Morgan fingerprint density at radius 1 is 1.23 bits per heavy atom. The van der Waals surface area contributed by atoms with Gasteiger partial charge in [0.25, 0.3) is 0 Å². The van der Waals surface area contributed by atoms with Crippen LogP contribution in [0.2, 0.25) is 0 Å². The summed E-state index contributed by atoms with van der Waals surface area (Å²) in [5.74, 6) is 0.336. The highest BCUT2D eigenvalue weighted by Crippen LogP contribution is 2.10. The normalized spacial score (nSPS) is 9.69. The van der Waals surface area contributed by atoms with Crippen LogP contribution in [0.4, 0.5) is 0 Å². The number of hydrogen-bond acceptors (Lipinski definition) is 2. The van der Waals surface area contributed by atoms with Gasteiger partial charge in [-0.1, -0.05) is 39.2 Å². The van der Waals surface area contributed by atoms with Crippen molar-refractivity contribution in [2.24, 2.45) is 0 Å². The molecular weight excluding hydrogens is 164 g/mol. The number of allylic oxidation sites excluding steroid dienone is 1. The topological polar surface area (TPSA) is 26.3 Å². The molecule has 0 unspecified atom stereocenters. The van der Waals surface area contributed by atoms with Crippen LogP contribution in [0.15, 0.2) is 12.3 Å². The molecule has 2 heteroatoms. The molecule has 0 saturated heterocycles. The maximum absolute atomic E-state index is 10.5. The van der Waals surface area contributed by atoms with Crippen molar-refractivity contribution in [2.45, 2.75) is 52.4 Å². The van der Waals surface area contributed by atoms with Gasteiger partial charge in [-0.25, -0.2) is 0 Å². The van der Waals surface area contributed by atoms with Gasteiger partial charge >= 0.3 is 5.97 Å². The zero-order valence-corrected chi connectivity index (χ0v) is 8.77. The first-order valence-electron chi connectivity index (χ1n) is 5.03. The Morgan fingerprint density at radius 2 is 1.85 bits per heavy atom. The summed E-state index contributed by atoms with van der Waals surface area (Å²) in [5, 5.41) is 0. The lowest BCUT2D eigenvalue weighted by atomic mass is 10.1. The molecule has 2 nitrogen and oxygen atoms in total. The summed E-state index contributed by atoms with van der Waals surface area (Å²) in [7, 11) is 0. The first kappa shape index (κ1) is 12.2. The maximum atomic E-state index is 10.5. The fraction of sp³-hybridized carbons (Fsp3) is 0.727. The molecule has 0 amide bonds. The lowest BCUT2D eigenvalue weighted by Gasteiger charge is -2.04. The van der Waals surface area contributed by atoms with Crippen LogP contribution in [0, 0.1) is 0 Å². The number of ether oxygens (including phenoxy) is 1. The van der Waals surface area contributed by atoms with E-state index < -0.39 is 0 Å². The molecule has 0 atom stereocenters. The van der Waals surface area contributed by atoms with Crippen LogP contribution >= 0.6 is 0 Å². The van der Waals surface area contributed by atoms with E-state index in [0.29, 0.717) is 5.76 Å². The Labute approximate surface area is 81.0 Å². The Kier molecular flexibility index (Phi) is 7.36. The van der Waals surface area contributed by atoms with Gasteiger partial charge in [-0.05, 0) is 6.42 Å². The van der Waals surface area contributed by atoms with Gasteiger partial charge in [0, 0.05) is 13.3 Å². The molecule has 0 aromatic carbocycles. The van der Waals surface area contributed by atoms with Crippen LogP contribution in [-0.2, 0) is 9.53 Å². The average molecular weight is 184 g/mol. The zero-order valence-electron chi connectivity index (χ0n) is 8.77. The van der Waals surface area contributed by atoms with Crippen molar-refractivity contribution in [2.75, 3.05) is 0 Å². The van der Waals surface area contributed by atoms with E-state index >= 15 is 0 Å². The third kappa shape index (κ3) is 9.12. The number of esters is 1. The molecule has 0 aliphatic rings. The van der Waals surface area contributed by atoms with E-state index in [9.17, 15) is 4.79 Å². The molecule has 0 bridgehead atoms. The van der Waals surface area contributed by atoms with Crippen molar-refractivity contribution in [1.29, 1.82) is 0 Å². The molecule has 76 valence electrons. The minimum Gasteiger partial charge on any atom is -0.432 e. The SMILES string of the molecule is C=C(CCCCCCC)OC(C)=O. The number of carbonyl (C=O) groups is 1. The van der Waals surface area contributed by atoms with E-state index in [-0.39, 0.29) is 5.97 Å². The van der Waals surface area contributed by atoms with Crippen molar-refractivity contribution in [3.05, 3.63) is 12.3 Å². The van der Waals surface area contributed by atoms with Crippen molar-refractivity contribution in [3.63, 3.8) is 0 Å². The molecule has 0 fully saturated rings. The molecule has 0 aromatic heterocycles. The predicted molar refractivity (Wildman–Crippen MR) is 54.3 cm³/mol. The number of carbonyl (C=O) groups excluding carboxylic acids is 1. The smallest absolute Gasteiger partial charge is 0.307 e. The molecule has 0 aromatic rings. The van der Waals surface area contributed by atoms with E-state index in [4.69, 9.17) is 4.74 Å². The molecule has 0 radical (unpaired) electrons. The monoisotopic (exact) mass is 184 g/mol. The second kappa shape index (κ2) is 7.84. The fourth-order valence-electron chi connectivity index (χ4n) is 1.18. The molecule has 0 saturated carbocycles. The average Bonchev–Trinajstić information content (AvgIpc) is 2.02. The van der Waals surface area contributed by atoms with Crippen LogP contribution < -0.4 is 0 Å². The highest BCUT2D eigenvalue weighted by molar-refractivity contribution is 5.67. The molecule has 0 spiro atoms. The summed E-state index contributed by atoms with van der Waals surface area (Å²) in [4.78, 5) is 10.5. The highest BCUT2D eigenvalue weighted by Gasteiger charge is 1.98. The van der Waals surface area contributed by atoms with Crippen molar-refractivity contribution >= 4 is 5.97 Å². The fourth-order valence-corrected chi connectivity index (χ4v) is 1.18. The van der Waals surface area contributed by atoms with Crippen LogP contribution in [0.1, 0.15) is 52.4 Å². The number of rotatable bonds is 7. The van der Waals surface area contributed by atoms with Crippen LogP contribution in [0.5, 0.6) is 0 Å². The summed E-state index contributed by atoms with van der Waals surface area (Å²) < 4.78 is 4.82. The van der Waals surface area contributed by atoms with Gasteiger partial charge in [0.15, 0.2) is 0 Å². The first-order valence-corrected chi connectivity index (χ1v) is 5.03.